The fraction of sp³-hybridized carbons (Fsp3) is 0.250. The normalized spacial score (nSPS) is 19.4. The molecular weight excluding hydrogens is 412 g/mol. The van der Waals surface area contributed by atoms with Crippen LogP contribution in [-0.4, -0.2) is 19.4 Å². The van der Waals surface area contributed by atoms with Gasteiger partial charge in [0.2, 0.25) is 0 Å². The van der Waals surface area contributed by atoms with Crippen LogP contribution in [0.25, 0.3) is 6.08 Å². The lowest BCUT2D eigenvalue weighted by Gasteiger charge is -2.31. The summed E-state index contributed by atoms with van der Waals surface area (Å²) in [6, 6.07) is 14.1. The van der Waals surface area contributed by atoms with Crippen molar-refractivity contribution < 1.29 is 17.5 Å². The molecule has 2 aromatic carbocycles. The van der Waals surface area contributed by atoms with Crippen molar-refractivity contribution >= 4 is 22.1 Å². The first kappa shape index (κ1) is 22.5. The van der Waals surface area contributed by atoms with Gasteiger partial charge < -0.3 is 0 Å². The Balaban J connectivity index is 1.98. The summed E-state index contributed by atoms with van der Waals surface area (Å²) >= 11 is 0. The second kappa shape index (κ2) is 8.50. The fourth-order valence-corrected chi connectivity index (χ4v) is 4.06. The number of hydrogen-bond donors (Lipinski definition) is 0. The van der Waals surface area contributed by atoms with Gasteiger partial charge >= 0.3 is 10.1 Å². The minimum atomic E-state index is -4.23. The van der Waals surface area contributed by atoms with Crippen LogP contribution in [0.3, 0.4) is 0 Å². The molecule has 1 heterocycles. The monoisotopic (exact) mass is 436 g/mol. The summed E-state index contributed by atoms with van der Waals surface area (Å²) in [6.45, 7) is 7.47. The van der Waals surface area contributed by atoms with Crippen LogP contribution in [0.2, 0.25) is 0 Å². The van der Waals surface area contributed by atoms with Crippen molar-refractivity contribution in [2.24, 2.45) is 5.41 Å². The van der Waals surface area contributed by atoms with Gasteiger partial charge in [-0.25, -0.2) is 0 Å². The van der Waals surface area contributed by atoms with Gasteiger partial charge in [0.25, 0.3) is 5.91 Å². The summed E-state index contributed by atoms with van der Waals surface area (Å²) in [5, 5.41) is 10.3. The summed E-state index contributed by atoms with van der Waals surface area (Å²) < 4.78 is 30.7. The van der Waals surface area contributed by atoms with Gasteiger partial charge in [-0.1, -0.05) is 42.0 Å². The molecule has 1 aliphatic heterocycles. The van der Waals surface area contributed by atoms with Crippen LogP contribution in [0.5, 0.6) is 0 Å². The van der Waals surface area contributed by atoms with E-state index >= 15 is 0 Å². The zero-order valence-electron chi connectivity index (χ0n) is 17.9. The number of carbonyl (C=O) groups is 1. The van der Waals surface area contributed by atoms with Crippen molar-refractivity contribution in [2.75, 3.05) is 0 Å². The van der Waals surface area contributed by atoms with Crippen LogP contribution in [0.4, 0.5) is 0 Å². The molecule has 3 rings (SSSR count). The largest absolute Gasteiger partial charge is 0.318 e. The SMILES string of the molecule is Cc1ccc(S(=O)(=O)ON2C(=O)CC(C)(C#N)C=C2C=Cc2ccc(C)c(C)c2)cc1. The first-order valence-electron chi connectivity index (χ1n) is 9.77. The quantitative estimate of drug-likeness (QED) is 0.684. The smallest absolute Gasteiger partial charge is 0.272 e. The zero-order valence-corrected chi connectivity index (χ0v) is 18.7. The van der Waals surface area contributed by atoms with Crippen molar-refractivity contribution in [2.45, 2.75) is 39.0 Å². The van der Waals surface area contributed by atoms with E-state index < -0.39 is 21.4 Å². The second-order valence-corrected chi connectivity index (χ2v) is 9.51. The first-order chi connectivity index (χ1) is 14.5. The van der Waals surface area contributed by atoms with Crippen LogP contribution >= 0.6 is 0 Å². The number of benzene rings is 2. The number of carbonyl (C=O) groups excluding carboxylic acids is 1. The summed E-state index contributed by atoms with van der Waals surface area (Å²) in [7, 11) is -4.23. The molecule has 7 heteroatoms. The second-order valence-electron chi connectivity index (χ2n) is 7.98. The number of amides is 1. The molecule has 6 nitrogen and oxygen atoms in total. The Hall–Kier alpha value is -3.21. The van der Waals surface area contributed by atoms with E-state index in [0.717, 1.165) is 27.3 Å². The van der Waals surface area contributed by atoms with Gasteiger partial charge in [-0.15, -0.1) is 4.28 Å². The lowest BCUT2D eigenvalue weighted by molar-refractivity contribution is -0.152. The third kappa shape index (κ3) is 5.10. The van der Waals surface area contributed by atoms with Crippen LogP contribution in [0.15, 0.2) is 65.2 Å². The molecule has 1 amide bonds. The van der Waals surface area contributed by atoms with Crippen molar-refractivity contribution in [3.8, 4) is 6.07 Å². The summed E-state index contributed by atoms with van der Waals surface area (Å²) in [5.74, 6) is -0.609. The van der Waals surface area contributed by atoms with Gasteiger partial charge in [-0.2, -0.15) is 18.7 Å². The predicted molar refractivity (Wildman–Crippen MR) is 118 cm³/mol. The highest BCUT2D eigenvalue weighted by atomic mass is 32.2. The van der Waals surface area contributed by atoms with E-state index in [2.05, 4.69) is 6.07 Å². The molecule has 31 heavy (non-hydrogen) atoms. The molecule has 1 unspecified atom stereocenters. The molecular formula is C24H24N2O4S. The average Bonchev–Trinajstić information content (AvgIpc) is 2.71. The van der Waals surface area contributed by atoms with Crippen molar-refractivity contribution in [3.63, 3.8) is 0 Å². The maximum atomic E-state index is 12.8. The molecule has 0 N–H and O–H groups in total. The number of hydrogen-bond acceptors (Lipinski definition) is 5. The van der Waals surface area contributed by atoms with Gasteiger partial charge in [0, 0.05) is 0 Å². The van der Waals surface area contributed by atoms with E-state index in [-0.39, 0.29) is 17.0 Å². The van der Waals surface area contributed by atoms with Crippen LogP contribution < -0.4 is 0 Å². The summed E-state index contributed by atoms with van der Waals surface area (Å²) in [5.41, 5.74) is 3.15. The van der Waals surface area contributed by atoms with E-state index in [9.17, 15) is 18.5 Å². The Labute approximate surface area is 183 Å². The third-order valence-corrected chi connectivity index (χ3v) is 6.36. The average molecular weight is 437 g/mol. The highest BCUT2D eigenvalue weighted by Gasteiger charge is 2.38. The Bertz CT molecular complexity index is 1220. The lowest BCUT2D eigenvalue weighted by atomic mass is 9.84. The minimum absolute atomic E-state index is 0.0583. The summed E-state index contributed by atoms with van der Waals surface area (Å²) in [6.07, 6.45) is 4.70. The van der Waals surface area contributed by atoms with Gasteiger partial charge in [-0.05, 0) is 68.7 Å². The van der Waals surface area contributed by atoms with E-state index in [1.807, 2.05) is 39.0 Å². The van der Waals surface area contributed by atoms with Crippen molar-refractivity contribution in [1.29, 1.82) is 5.26 Å². The third-order valence-electron chi connectivity index (χ3n) is 5.16. The van der Waals surface area contributed by atoms with Crippen LogP contribution in [0.1, 0.15) is 35.6 Å². The molecule has 1 aliphatic rings. The molecule has 160 valence electrons. The number of rotatable bonds is 5. The molecule has 0 saturated heterocycles. The number of hydroxylamine groups is 2. The maximum absolute atomic E-state index is 12.8. The molecule has 1 atom stereocenters. The van der Waals surface area contributed by atoms with Gasteiger partial charge in [-0.3, -0.25) is 4.79 Å². The molecule has 0 spiro atoms. The molecule has 0 radical (unpaired) electrons. The molecule has 0 saturated carbocycles. The maximum Gasteiger partial charge on any atom is 0.318 e. The van der Waals surface area contributed by atoms with E-state index in [4.69, 9.17) is 4.28 Å². The molecule has 2 aromatic rings. The molecule has 0 bridgehead atoms. The predicted octanol–water partition coefficient (Wildman–Crippen LogP) is 4.59. The number of nitrogens with zero attached hydrogens (tertiary/aromatic N) is 2. The molecule has 0 aromatic heterocycles. The van der Waals surface area contributed by atoms with Crippen molar-refractivity contribution in [3.05, 3.63) is 82.6 Å². The zero-order chi connectivity index (χ0) is 22.8. The van der Waals surface area contributed by atoms with E-state index in [0.29, 0.717) is 0 Å². The fourth-order valence-electron chi connectivity index (χ4n) is 3.13. The standard InChI is InChI=1S/C24H24N2O4S/c1-17-5-11-22(12-6-17)31(28,29)30-26-21(14-24(4,16-25)15-23(26)27)10-9-20-8-7-18(2)19(3)13-20/h5-14H,15H2,1-4H3. The number of nitriles is 1. The van der Waals surface area contributed by atoms with E-state index in [1.54, 1.807) is 37.3 Å². The van der Waals surface area contributed by atoms with Crippen molar-refractivity contribution in [1.82, 2.24) is 5.06 Å². The van der Waals surface area contributed by atoms with Crippen LogP contribution in [-0.2, 0) is 19.2 Å². The summed E-state index contributed by atoms with van der Waals surface area (Å²) in [4.78, 5) is 12.7. The van der Waals surface area contributed by atoms with Crippen LogP contribution in [0, 0.1) is 37.5 Å². The highest BCUT2D eigenvalue weighted by Crippen LogP contribution is 2.34. The highest BCUT2D eigenvalue weighted by molar-refractivity contribution is 7.86. The Kier molecular flexibility index (Phi) is 6.16. The Morgan fingerprint density at radius 2 is 1.74 bits per heavy atom. The lowest BCUT2D eigenvalue weighted by Crippen LogP contribution is -2.39. The van der Waals surface area contributed by atoms with Gasteiger partial charge in [0.05, 0.1) is 28.5 Å². The number of allylic oxidation sites excluding steroid dienone is 2. The van der Waals surface area contributed by atoms with Gasteiger partial charge in [0.1, 0.15) is 0 Å². The Morgan fingerprint density at radius 3 is 2.35 bits per heavy atom. The Morgan fingerprint density at radius 1 is 1.06 bits per heavy atom. The molecule has 0 aliphatic carbocycles. The minimum Gasteiger partial charge on any atom is -0.272 e. The molecule has 0 fully saturated rings. The first-order valence-corrected chi connectivity index (χ1v) is 11.2. The van der Waals surface area contributed by atoms with E-state index in [1.165, 1.54) is 12.1 Å². The topological polar surface area (TPSA) is 87.5 Å². The van der Waals surface area contributed by atoms with Gasteiger partial charge in [0.15, 0.2) is 0 Å². The number of aryl methyl sites for hydroxylation is 3.